The normalized spacial score (nSPS) is 13.0. The maximum atomic E-state index is 5.00. The Hall–Kier alpha value is -4.74. The van der Waals surface area contributed by atoms with Crippen molar-refractivity contribution in [3.8, 4) is 45.3 Å². The molecule has 0 saturated heterocycles. The van der Waals surface area contributed by atoms with Crippen molar-refractivity contribution in [3.63, 3.8) is 0 Å². The number of benzene rings is 3. The summed E-state index contributed by atoms with van der Waals surface area (Å²) in [6.07, 6.45) is 8.74. The quantitative estimate of drug-likeness (QED) is 0.228. The van der Waals surface area contributed by atoms with Crippen LogP contribution in [0.15, 0.2) is 121 Å². The smallest absolute Gasteiger partial charge is 0.160 e. The number of nitrogens with zero attached hydrogens (tertiary/aromatic N) is 4. The highest BCUT2D eigenvalue weighted by Gasteiger charge is 2.15. The van der Waals surface area contributed by atoms with E-state index < -0.39 is 0 Å². The molecule has 0 unspecified atom stereocenters. The highest BCUT2D eigenvalue weighted by Crippen LogP contribution is 2.34. The van der Waals surface area contributed by atoms with E-state index in [4.69, 9.17) is 19.9 Å². The highest BCUT2D eigenvalue weighted by molar-refractivity contribution is 7.17. The van der Waals surface area contributed by atoms with Crippen LogP contribution >= 0.6 is 11.3 Å². The van der Waals surface area contributed by atoms with Crippen molar-refractivity contribution in [1.82, 2.24) is 19.9 Å². The zero-order valence-corrected chi connectivity index (χ0v) is 22.0. The Morgan fingerprint density at radius 3 is 1.97 bits per heavy atom. The van der Waals surface area contributed by atoms with Gasteiger partial charge in [-0.3, -0.25) is 0 Å². The van der Waals surface area contributed by atoms with Gasteiger partial charge in [-0.1, -0.05) is 103 Å². The molecule has 0 N–H and O–H groups in total. The van der Waals surface area contributed by atoms with E-state index in [1.807, 2.05) is 48.5 Å². The minimum absolute atomic E-state index is 0.715. The van der Waals surface area contributed by atoms with Crippen LogP contribution in [0.4, 0.5) is 0 Å². The van der Waals surface area contributed by atoms with Crippen molar-refractivity contribution >= 4 is 27.1 Å². The fourth-order valence-electron chi connectivity index (χ4n) is 4.84. The van der Waals surface area contributed by atoms with Crippen LogP contribution in [0.5, 0.6) is 0 Å². The van der Waals surface area contributed by atoms with E-state index >= 15 is 0 Å². The molecule has 0 amide bonds. The summed E-state index contributed by atoms with van der Waals surface area (Å²) in [6.45, 7) is 0. The first kappa shape index (κ1) is 23.4. The molecule has 0 saturated carbocycles. The van der Waals surface area contributed by atoms with Gasteiger partial charge >= 0.3 is 0 Å². The van der Waals surface area contributed by atoms with Crippen LogP contribution in [0.3, 0.4) is 0 Å². The van der Waals surface area contributed by atoms with E-state index in [1.54, 1.807) is 11.3 Å². The number of thiophene rings is 1. The van der Waals surface area contributed by atoms with Gasteiger partial charge in [0, 0.05) is 22.3 Å². The zero-order chi connectivity index (χ0) is 26.0. The van der Waals surface area contributed by atoms with Crippen molar-refractivity contribution in [2.24, 2.45) is 0 Å². The lowest BCUT2D eigenvalue weighted by molar-refractivity contribution is 1.03. The lowest BCUT2D eigenvalue weighted by atomic mass is 10.0. The summed E-state index contributed by atoms with van der Waals surface area (Å²) >= 11 is 1.67. The summed E-state index contributed by atoms with van der Waals surface area (Å²) in [5, 5.41) is 2.07. The van der Waals surface area contributed by atoms with Crippen LogP contribution in [0.1, 0.15) is 18.5 Å². The molecule has 3 aromatic carbocycles. The molecule has 186 valence electrons. The first-order valence-corrected chi connectivity index (χ1v) is 13.9. The van der Waals surface area contributed by atoms with E-state index in [1.165, 1.54) is 0 Å². The molecule has 3 aromatic heterocycles. The largest absolute Gasteiger partial charge is 0.228 e. The van der Waals surface area contributed by atoms with Crippen molar-refractivity contribution in [3.05, 3.63) is 126 Å². The standard InChI is InChI=1S/C34H24N4S/c1-4-10-23(11-5-1)29-22-30(24-12-6-2-7-13-24)37-33(36-29)27-18-16-25(17-19-27)31-32-28(20-21-39-32)35-34(38-31)26-14-8-3-9-15-26/h1,3-6,8-22H,2,7H2. The van der Waals surface area contributed by atoms with Crippen LogP contribution < -0.4 is 0 Å². The molecule has 1 aliphatic carbocycles. The van der Waals surface area contributed by atoms with Crippen molar-refractivity contribution in [1.29, 1.82) is 0 Å². The summed E-state index contributed by atoms with van der Waals surface area (Å²) in [7, 11) is 0. The number of hydrogen-bond acceptors (Lipinski definition) is 5. The Bertz CT molecular complexity index is 1840. The van der Waals surface area contributed by atoms with Gasteiger partial charge in [-0.2, -0.15) is 0 Å². The second-order valence-corrected chi connectivity index (χ2v) is 10.4. The van der Waals surface area contributed by atoms with Crippen molar-refractivity contribution in [2.45, 2.75) is 12.8 Å². The molecule has 1 aliphatic rings. The van der Waals surface area contributed by atoms with E-state index in [-0.39, 0.29) is 0 Å². The number of hydrogen-bond donors (Lipinski definition) is 0. The van der Waals surface area contributed by atoms with Gasteiger partial charge < -0.3 is 0 Å². The topological polar surface area (TPSA) is 51.6 Å². The van der Waals surface area contributed by atoms with Crippen molar-refractivity contribution in [2.75, 3.05) is 0 Å². The average molecular weight is 521 g/mol. The summed E-state index contributed by atoms with van der Waals surface area (Å²) in [4.78, 5) is 19.8. The number of rotatable bonds is 5. The second-order valence-electron chi connectivity index (χ2n) is 9.44. The van der Waals surface area contributed by atoms with E-state index in [0.717, 1.165) is 73.8 Å². The number of fused-ring (bicyclic) bond motifs is 1. The minimum atomic E-state index is 0.715. The van der Waals surface area contributed by atoms with Gasteiger partial charge in [0.1, 0.15) is 0 Å². The third kappa shape index (κ3) is 4.69. The zero-order valence-electron chi connectivity index (χ0n) is 21.2. The third-order valence-electron chi connectivity index (χ3n) is 6.84. The predicted molar refractivity (Wildman–Crippen MR) is 161 cm³/mol. The van der Waals surface area contributed by atoms with Crippen molar-refractivity contribution < 1.29 is 0 Å². The maximum Gasteiger partial charge on any atom is 0.160 e. The lowest BCUT2D eigenvalue weighted by Crippen LogP contribution is -1.99. The SMILES string of the molecule is C1=CC(c2cc(-c3ccccc3)nc(-c3ccc(-c4nc(-c5ccccc5)nc5ccsc45)cc3)n2)=CCC1. The molecular weight excluding hydrogens is 496 g/mol. The summed E-state index contributed by atoms with van der Waals surface area (Å²) in [6, 6.07) is 33.0. The number of aromatic nitrogens is 4. The van der Waals surface area contributed by atoms with E-state index in [2.05, 4.69) is 72.1 Å². The van der Waals surface area contributed by atoms with Crippen LogP contribution in [-0.2, 0) is 0 Å². The minimum Gasteiger partial charge on any atom is -0.228 e. The van der Waals surface area contributed by atoms with Gasteiger partial charge in [-0.25, -0.2) is 19.9 Å². The van der Waals surface area contributed by atoms with Gasteiger partial charge in [0.2, 0.25) is 0 Å². The highest BCUT2D eigenvalue weighted by atomic mass is 32.1. The Morgan fingerprint density at radius 2 is 1.23 bits per heavy atom. The Balaban J connectivity index is 1.31. The molecule has 7 rings (SSSR count). The van der Waals surface area contributed by atoms with Gasteiger partial charge in [-0.05, 0) is 35.9 Å². The molecule has 0 aliphatic heterocycles. The summed E-state index contributed by atoms with van der Waals surface area (Å²) in [5.74, 6) is 1.45. The van der Waals surface area contributed by atoms with E-state index in [0.29, 0.717) is 5.82 Å². The van der Waals surface area contributed by atoms with Crippen LogP contribution in [0, 0.1) is 0 Å². The molecule has 0 radical (unpaired) electrons. The van der Waals surface area contributed by atoms with Gasteiger partial charge in [0.05, 0.1) is 27.3 Å². The Morgan fingerprint density at radius 1 is 0.564 bits per heavy atom. The Labute approximate surface area is 231 Å². The molecule has 0 atom stereocenters. The first-order valence-electron chi connectivity index (χ1n) is 13.0. The molecule has 0 spiro atoms. The third-order valence-corrected chi connectivity index (χ3v) is 7.75. The fraction of sp³-hybridized carbons (Fsp3) is 0.0588. The van der Waals surface area contributed by atoms with Gasteiger partial charge in [-0.15, -0.1) is 11.3 Å². The Kier molecular flexibility index (Phi) is 6.11. The van der Waals surface area contributed by atoms with Crippen LogP contribution in [0.2, 0.25) is 0 Å². The molecule has 0 fully saturated rings. The average Bonchev–Trinajstić information content (AvgIpc) is 3.51. The van der Waals surface area contributed by atoms with E-state index in [9.17, 15) is 0 Å². The first-order chi connectivity index (χ1) is 19.3. The molecule has 3 heterocycles. The predicted octanol–water partition coefficient (Wildman–Crippen LogP) is 8.88. The second kappa shape index (κ2) is 10.2. The maximum absolute atomic E-state index is 5.00. The fourth-order valence-corrected chi connectivity index (χ4v) is 5.68. The molecule has 39 heavy (non-hydrogen) atoms. The van der Waals surface area contributed by atoms with Crippen LogP contribution in [0.25, 0.3) is 61.1 Å². The molecule has 5 heteroatoms. The molecule has 6 aromatic rings. The molecule has 0 bridgehead atoms. The monoisotopic (exact) mass is 520 g/mol. The van der Waals surface area contributed by atoms with Gasteiger partial charge in [0.25, 0.3) is 0 Å². The summed E-state index contributed by atoms with van der Waals surface area (Å²) in [5.41, 5.74) is 9.02. The van der Waals surface area contributed by atoms with Crippen LogP contribution in [-0.4, -0.2) is 19.9 Å². The number of allylic oxidation sites excluding steroid dienone is 4. The van der Waals surface area contributed by atoms with Gasteiger partial charge in [0.15, 0.2) is 11.6 Å². The molecular formula is C34H24N4S. The summed E-state index contributed by atoms with van der Waals surface area (Å²) < 4.78 is 1.09. The lowest BCUT2D eigenvalue weighted by Gasteiger charge is -2.12. The molecule has 4 nitrogen and oxygen atoms in total.